The van der Waals surface area contributed by atoms with Crippen molar-refractivity contribution in [1.29, 1.82) is 0 Å². The molecule has 2 heteroatoms. The third-order valence-electron chi connectivity index (χ3n) is 0. The highest BCUT2D eigenvalue weighted by Gasteiger charge is 0.891. The molecule has 26 valence electrons. The van der Waals surface area contributed by atoms with E-state index in [9.17, 15) is 0 Å². The zero-order valence-corrected chi connectivity index (χ0v) is 4.86. The molecule has 0 saturated heterocycles. The van der Waals surface area contributed by atoms with Crippen LogP contribution in [0.4, 0.5) is 0 Å². The second-order valence-electron chi connectivity index (χ2n) is 0. The van der Waals surface area contributed by atoms with E-state index in [1.807, 2.05) is 0 Å². The summed E-state index contributed by atoms with van der Waals surface area (Å²) >= 11 is 0. The normalized spacial score (nSPS) is 3.25. The third kappa shape index (κ3) is 233. The van der Waals surface area contributed by atoms with E-state index in [2.05, 4.69) is 13.2 Å². The minimum atomic E-state index is 0.306. The predicted molar refractivity (Wildman–Crippen MR) is 23.4 cm³/mol. The quantitative estimate of drug-likeness (QED) is 0.292. The van der Waals surface area contributed by atoms with Crippen molar-refractivity contribution < 1.29 is 4.80 Å². The predicted octanol–water partition coefficient (Wildman–Crippen LogP) is -0.939. The Hall–Kier alpha value is -0.0831. The summed E-state index contributed by atoms with van der Waals surface area (Å²) in [5.41, 5.74) is 0. The van der Waals surface area contributed by atoms with Gasteiger partial charge in [-0.25, -0.2) is 0 Å². The van der Waals surface area contributed by atoms with Crippen LogP contribution in [-0.4, -0.2) is 15.3 Å². The van der Waals surface area contributed by atoms with E-state index in [1.165, 1.54) is 0 Å². The Bertz CT molecular complexity index is 6.00. The Kier molecular flexibility index (Phi) is 3520. The van der Waals surface area contributed by atoms with E-state index in [4.69, 9.17) is 4.80 Å². The molecule has 0 amide bonds. The maximum atomic E-state index is 7.14. The Morgan fingerprint density at radius 1 is 1.25 bits per heavy atom. The minimum absolute atomic E-state index is 0.306. The van der Waals surface area contributed by atoms with Crippen molar-refractivity contribution in [3.05, 3.63) is 13.2 Å². The molecule has 0 aliphatic rings. The molecule has 0 saturated carbocycles. The molecule has 0 aromatic carbocycles. The first kappa shape index (κ1) is 9.07. The largest absolute Gasteiger partial charge is 0.442 e. The van der Waals surface area contributed by atoms with Crippen LogP contribution >= 0.6 is 0 Å². The van der Waals surface area contributed by atoms with Gasteiger partial charge in [0.1, 0.15) is 10.5 Å². The van der Waals surface area contributed by atoms with Gasteiger partial charge in [0.15, 0.2) is 0 Å². The Balaban J connectivity index is 0. The molecule has 0 atom stereocenters. The van der Waals surface area contributed by atoms with Crippen LogP contribution in [0.15, 0.2) is 13.2 Å². The van der Waals surface area contributed by atoms with E-state index in [0.29, 0.717) is 10.5 Å². The van der Waals surface area contributed by atoms with Gasteiger partial charge in [-0.3, -0.25) is 0 Å². The zero-order valence-electron chi connectivity index (χ0n) is 2.86. The van der Waals surface area contributed by atoms with Gasteiger partial charge >= 0.3 is 0 Å². The molecule has 0 aliphatic heterocycles. The Morgan fingerprint density at radius 3 is 1.25 bits per heavy atom. The monoisotopic (exact) mass is 76.0 g/mol. The van der Waals surface area contributed by atoms with Crippen molar-refractivity contribution >= 4 is 10.5 Å². The fraction of sp³-hybridized carbons (Fsp3) is 0. The van der Waals surface area contributed by atoms with Gasteiger partial charge in [-0.1, -0.05) is 0 Å². The summed E-state index contributed by atoms with van der Waals surface area (Å²) in [5, 5.41) is 0. The molecule has 0 aromatic heterocycles. The molecule has 4 heavy (non-hydrogen) atoms. The highest BCUT2D eigenvalue weighted by atomic mass is 28.2. The van der Waals surface area contributed by atoms with E-state index in [0.717, 1.165) is 0 Å². The van der Waals surface area contributed by atoms with Gasteiger partial charge in [0.05, 0.1) is 0 Å². The maximum absolute atomic E-state index is 7.14. The molecule has 0 unspecified atom stereocenters. The summed E-state index contributed by atoms with van der Waals surface area (Å²) in [6.45, 7) is 6.00. The van der Waals surface area contributed by atoms with Gasteiger partial charge in [0.25, 0.3) is 0 Å². The Morgan fingerprint density at radius 2 is 1.25 bits per heavy atom. The first-order valence-corrected chi connectivity index (χ1v) is 1.84. The lowest BCUT2D eigenvalue weighted by atomic mass is 11.3. The van der Waals surface area contributed by atoms with E-state index in [-0.39, 0.29) is 0 Å². The molecule has 0 heterocycles. The fourth-order valence-corrected chi connectivity index (χ4v) is 0. The van der Waals surface area contributed by atoms with Crippen molar-refractivity contribution in [2.45, 2.75) is 0 Å². The molecule has 1 N–H and O–H groups in total. The smallest absolute Gasteiger partial charge is 0.141 e. The molecule has 0 radical (unpaired) electrons. The van der Waals surface area contributed by atoms with Crippen LogP contribution in [0.1, 0.15) is 0 Å². The van der Waals surface area contributed by atoms with E-state index < -0.39 is 0 Å². The highest BCUT2D eigenvalue weighted by molar-refractivity contribution is 5.95. The third-order valence-corrected chi connectivity index (χ3v) is 0. The molecular formula is C2H8OSi. The topological polar surface area (TPSA) is 20.2 Å². The standard InChI is InChI=1S/C2H4.H4OSi/c2*1-2/h1-2H2;1H,2H3. The average Bonchev–Trinajstić information content (AvgIpc) is 1.50. The van der Waals surface area contributed by atoms with E-state index in [1.54, 1.807) is 0 Å². The number of hydrogen-bond donors (Lipinski definition) is 1. The summed E-state index contributed by atoms with van der Waals surface area (Å²) in [7, 11) is 0.306. The molecule has 0 aliphatic carbocycles. The summed E-state index contributed by atoms with van der Waals surface area (Å²) in [6.07, 6.45) is 0. The maximum Gasteiger partial charge on any atom is 0.141 e. The van der Waals surface area contributed by atoms with Crippen molar-refractivity contribution in [2.24, 2.45) is 0 Å². The molecule has 0 aromatic rings. The fourth-order valence-electron chi connectivity index (χ4n) is 0. The van der Waals surface area contributed by atoms with Crippen LogP contribution in [-0.2, 0) is 0 Å². The first-order chi connectivity index (χ1) is 2.00. The van der Waals surface area contributed by atoms with Gasteiger partial charge < -0.3 is 4.80 Å². The van der Waals surface area contributed by atoms with Gasteiger partial charge in [-0.05, 0) is 0 Å². The van der Waals surface area contributed by atoms with Crippen molar-refractivity contribution in [2.75, 3.05) is 0 Å². The van der Waals surface area contributed by atoms with Gasteiger partial charge in [0.2, 0.25) is 0 Å². The second kappa shape index (κ2) is 1550. The van der Waals surface area contributed by atoms with Gasteiger partial charge in [-0.2, -0.15) is 0 Å². The Labute approximate surface area is 29.5 Å². The second-order valence-corrected chi connectivity index (χ2v) is 0. The van der Waals surface area contributed by atoms with Gasteiger partial charge in [0, 0.05) is 0 Å². The van der Waals surface area contributed by atoms with Crippen molar-refractivity contribution in [3.63, 3.8) is 0 Å². The highest BCUT2D eigenvalue weighted by Crippen LogP contribution is 0.862. The molecule has 0 rings (SSSR count). The number of rotatable bonds is 0. The zero-order chi connectivity index (χ0) is 4.00. The lowest BCUT2D eigenvalue weighted by molar-refractivity contribution is 0.629. The average molecular weight is 76.2 g/mol. The van der Waals surface area contributed by atoms with Gasteiger partial charge in [-0.15, -0.1) is 13.2 Å². The van der Waals surface area contributed by atoms with Crippen molar-refractivity contribution in [3.8, 4) is 0 Å². The van der Waals surface area contributed by atoms with Crippen LogP contribution in [0.25, 0.3) is 0 Å². The molecule has 0 spiro atoms. The molecule has 0 bridgehead atoms. The molecular weight excluding hydrogens is 68.1 g/mol. The van der Waals surface area contributed by atoms with Crippen LogP contribution in [0.2, 0.25) is 0 Å². The van der Waals surface area contributed by atoms with E-state index >= 15 is 0 Å². The SMILES string of the molecule is C=C.O[SiH3]. The molecule has 0 fully saturated rings. The van der Waals surface area contributed by atoms with Crippen LogP contribution in [0.3, 0.4) is 0 Å². The summed E-state index contributed by atoms with van der Waals surface area (Å²) < 4.78 is 0. The number of hydrogen-bond acceptors (Lipinski definition) is 1. The summed E-state index contributed by atoms with van der Waals surface area (Å²) in [6, 6.07) is 0. The first-order valence-electron chi connectivity index (χ1n) is 0.947. The van der Waals surface area contributed by atoms with Crippen molar-refractivity contribution in [1.82, 2.24) is 0 Å². The summed E-state index contributed by atoms with van der Waals surface area (Å²) in [4.78, 5) is 7.14. The molecule has 1 nitrogen and oxygen atoms in total. The van der Waals surface area contributed by atoms with Crippen LogP contribution in [0, 0.1) is 0 Å². The minimum Gasteiger partial charge on any atom is -0.442 e. The lowest BCUT2D eigenvalue weighted by Gasteiger charge is -1.19. The van der Waals surface area contributed by atoms with Crippen LogP contribution in [0.5, 0.6) is 0 Å². The lowest BCUT2D eigenvalue weighted by Crippen LogP contribution is -1.34. The summed E-state index contributed by atoms with van der Waals surface area (Å²) in [5.74, 6) is 0. The van der Waals surface area contributed by atoms with Crippen LogP contribution < -0.4 is 0 Å².